The van der Waals surface area contributed by atoms with Crippen molar-refractivity contribution in [3.05, 3.63) is 47.8 Å². The molecule has 0 saturated carbocycles. The standard InChI is InChI=1S/C9H11F.C2H4/c1-6-4-8(3)9(10)5-7(6)2;1-2/h4-5H,1-3H3;1-2H2. The molecule has 0 spiro atoms. The maximum absolute atomic E-state index is 12.8. The van der Waals surface area contributed by atoms with Crippen molar-refractivity contribution >= 4 is 0 Å². The van der Waals surface area contributed by atoms with Crippen molar-refractivity contribution in [3.8, 4) is 0 Å². The first-order valence-electron chi connectivity index (χ1n) is 3.84. The molecule has 0 aliphatic rings. The summed E-state index contributed by atoms with van der Waals surface area (Å²) in [4.78, 5) is 0. The normalized spacial score (nSPS) is 8.67. The molecule has 1 rings (SSSR count). The molecule has 0 aliphatic heterocycles. The minimum Gasteiger partial charge on any atom is -0.207 e. The molecule has 0 radical (unpaired) electrons. The molecule has 0 bridgehead atoms. The van der Waals surface area contributed by atoms with Gasteiger partial charge in [-0.15, -0.1) is 13.2 Å². The van der Waals surface area contributed by atoms with E-state index in [4.69, 9.17) is 0 Å². The fraction of sp³-hybridized carbons (Fsp3) is 0.273. The highest BCUT2D eigenvalue weighted by Gasteiger charge is 1.98. The van der Waals surface area contributed by atoms with E-state index in [2.05, 4.69) is 13.2 Å². The van der Waals surface area contributed by atoms with Crippen LogP contribution in [0.15, 0.2) is 25.3 Å². The number of benzene rings is 1. The zero-order valence-corrected chi connectivity index (χ0v) is 7.95. The monoisotopic (exact) mass is 166 g/mol. The van der Waals surface area contributed by atoms with Gasteiger partial charge in [0.2, 0.25) is 0 Å². The van der Waals surface area contributed by atoms with Crippen LogP contribution in [0, 0.1) is 26.6 Å². The largest absolute Gasteiger partial charge is 0.207 e. The third-order valence-electron chi connectivity index (χ3n) is 1.77. The molecule has 0 heterocycles. The molecule has 0 amide bonds. The minimum atomic E-state index is -0.108. The van der Waals surface area contributed by atoms with Crippen LogP contribution >= 0.6 is 0 Å². The Bertz CT molecular complexity index is 214. The van der Waals surface area contributed by atoms with Gasteiger partial charge in [0.05, 0.1) is 0 Å². The Morgan fingerprint density at radius 1 is 0.917 bits per heavy atom. The summed E-state index contributed by atoms with van der Waals surface area (Å²) in [6.07, 6.45) is 0. The Morgan fingerprint density at radius 3 is 1.75 bits per heavy atom. The summed E-state index contributed by atoms with van der Waals surface area (Å²) in [5.41, 5.74) is 2.89. The summed E-state index contributed by atoms with van der Waals surface area (Å²) in [6, 6.07) is 3.44. The number of aryl methyl sites for hydroxylation is 3. The van der Waals surface area contributed by atoms with Crippen LogP contribution in [0.5, 0.6) is 0 Å². The maximum atomic E-state index is 12.8. The molecular weight excluding hydrogens is 151 g/mol. The summed E-state index contributed by atoms with van der Waals surface area (Å²) >= 11 is 0. The van der Waals surface area contributed by atoms with Gasteiger partial charge in [0.1, 0.15) is 5.82 Å². The smallest absolute Gasteiger partial charge is 0.126 e. The molecule has 0 unspecified atom stereocenters. The van der Waals surface area contributed by atoms with E-state index in [1.54, 1.807) is 13.0 Å². The second kappa shape index (κ2) is 4.70. The highest BCUT2D eigenvalue weighted by Crippen LogP contribution is 2.12. The van der Waals surface area contributed by atoms with Crippen molar-refractivity contribution < 1.29 is 4.39 Å². The lowest BCUT2D eigenvalue weighted by Gasteiger charge is -2.01. The first-order valence-corrected chi connectivity index (χ1v) is 3.84. The van der Waals surface area contributed by atoms with E-state index >= 15 is 0 Å². The van der Waals surface area contributed by atoms with E-state index in [1.165, 1.54) is 0 Å². The van der Waals surface area contributed by atoms with Gasteiger partial charge in [0.15, 0.2) is 0 Å². The van der Waals surface area contributed by atoms with Gasteiger partial charge in [-0.2, -0.15) is 0 Å². The van der Waals surface area contributed by atoms with E-state index < -0.39 is 0 Å². The van der Waals surface area contributed by atoms with Gasteiger partial charge in [-0.05, 0) is 43.5 Å². The third kappa shape index (κ3) is 2.50. The van der Waals surface area contributed by atoms with Crippen LogP contribution in [-0.2, 0) is 0 Å². The van der Waals surface area contributed by atoms with E-state index in [9.17, 15) is 4.39 Å². The quantitative estimate of drug-likeness (QED) is 0.517. The highest BCUT2D eigenvalue weighted by atomic mass is 19.1. The first-order chi connectivity index (χ1) is 5.61. The van der Waals surface area contributed by atoms with Crippen LogP contribution in [0.3, 0.4) is 0 Å². The Morgan fingerprint density at radius 2 is 1.33 bits per heavy atom. The highest BCUT2D eigenvalue weighted by molar-refractivity contribution is 5.30. The second-order valence-corrected chi connectivity index (χ2v) is 2.69. The predicted molar refractivity (Wildman–Crippen MR) is 51.9 cm³/mol. The molecule has 0 nitrogen and oxygen atoms in total. The number of hydrogen-bond donors (Lipinski definition) is 0. The second-order valence-electron chi connectivity index (χ2n) is 2.69. The van der Waals surface area contributed by atoms with Crippen LogP contribution < -0.4 is 0 Å². The van der Waals surface area contributed by atoms with Crippen LogP contribution in [0.25, 0.3) is 0 Å². The van der Waals surface area contributed by atoms with Gasteiger partial charge < -0.3 is 0 Å². The molecule has 1 heteroatoms. The van der Waals surface area contributed by atoms with Crippen molar-refractivity contribution in [2.24, 2.45) is 0 Å². The van der Waals surface area contributed by atoms with Gasteiger partial charge in [-0.25, -0.2) is 4.39 Å². The number of halogens is 1. The molecule has 0 aromatic heterocycles. The summed E-state index contributed by atoms with van der Waals surface area (Å²) in [5.74, 6) is -0.108. The topological polar surface area (TPSA) is 0 Å². The van der Waals surface area contributed by atoms with E-state index in [1.807, 2.05) is 19.9 Å². The molecular formula is C11H15F. The van der Waals surface area contributed by atoms with Crippen molar-refractivity contribution in [2.75, 3.05) is 0 Å². The van der Waals surface area contributed by atoms with E-state index in [-0.39, 0.29) is 5.82 Å². The SMILES string of the molecule is C=C.Cc1cc(C)c(F)cc1C. The Kier molecular flexibility index (Phi) is 4.27. The van der Waals surface area contributed by atoms with Gasteiger partial charge in [0.25, 0.3) is 0 Å². The predicted octanol–water partition coefficient (Wildman–Crippen LogP) is 3.55. The van der Waals surface area contributed by atoms with Crippen molar-refractivity contribution in [1.29, 1.82) is 0 Å². The molecule has 1 aromatic rings. The summed E-state index contributed by atoms with van der Waals surface area (Å²) in [6.45, 7) is 11.7. The fourth-order valence-corrected chi connectivity index (χ4v) is 0.925. The molecule has 0 N–H and O–H groups in total. The minimum absolute atomic E-state index is 0.108. The van der Waals surface area contributed by atoms with Crippen molar-refractivity contribution in [3.63, 3.8) is 0 Å². The fourth-order valence-electron chi connectivity index (χ4n) is 0.925. The molecule has 66 valence electrons. The summed E-state index contributed by atoms with van der Waals surface area (Å²) in [5, 5.41) is 0. The third-order valence-corrected chi connectivity index (χ3v) is 1.77. The molecule has 0 aliphatic carbocycles. The van der Waals surface area contributed by atoms with E-state index in [0.29, 0.717) is 0 Å². The molecule has 0 saturated heterocycles. The van der Waals surface area contributed by atoms with Gasteiger partial charge in [-0.1, -0.05) is 6.07 Å². The maximum Gasteiger partial charge on any atom is 0.126 e. The number of rotatable bonds is 0. The van der Waals surface area contributed by atoms with Gasteiger partial charge in [-0.3, -0.25) is 0 Å². The van der Waals surface area contributed by atoms with E-state index in [0.717, 1.165) is 16.7 Å². The number of hydrogen-bond acceptors (Lipinski definition) is 0. The van der Waals surface area contributed by atoms with Gasteiger partial charge >= 0.3 is 0 Å². The Hall–Kier alpha value is -1.11. The van der Waals surface area contributed by atoms with Gasteiger partial charge in [0, 0.05) is 0 Å². The Labute approximate surface area is 73.7 Å². The van der Waals surface area contributed by atoms with Crippen molar-refractivity contribution in [2.45, 2.75) is 20.8 Å². The zero-order chi connectivity index (χ0) is 9.72. The summed E-state index contributed by atoms with van der Waals surface area (Å²) < 4.78 is 12.8. The Balaban J connectivity index is 0.000000561. The molecule has 12 heavy (non-hydrogen) atoms. The summed E-state index contributed by atoms with van der Waals surface area (Å²) in [7, 11) is 0. The molecule has 1 aromatic carbocycles. The zero-order valence-electron chi connectivity index (χ0n) is 7.95. The average molecular weight is 166 g/mol. The lowest BCUT2D eigenvalue weighted by Crippen LogP contribution is -1.87. The van der Waals surface area contributed by atoms with Crippen LogP contribution in [0.1, 0.15) is 16.7 Å². The molecule has 0 atom stereocenters. The van der Waals surface area contributed by atoms with Crippen molar-refractivity contribution in [1.82, 2.24) is 0 Å². The van der Waals surface area contributed by atoms with Crippen LogP contribution in [0.2, 0.25) is 0 Å². The molecule has 0 fully saturated rings. The average Bonchev–Trinajstić information content (AvgIpc) is 2.05. The van der Waals surface area contributed by atoms with Crippen LogP contribution in [-0.4, -0.2) is 0 Å². The lowest BCUT2D eigenvalue weighted by molar-refractivity contribution is 0.616. The first kappa shape index (κ1) is 10.9. The lowest BCUT2D eigenvalue weighted by atomic mass is 10.1. The van der Waals surface area contributed by atoms with Crippen LogP contribution in [0.4, 0.5) is 4.39 Å².